The Morgan fingerprint density at radius 1 is 1.12 bits per heavy atom. The van der Waals surface area contributed by atoms with Gasteiger partial charge in [-0.05, 0) is 30.7 Å². The lowest BCUT2D eigenvalue weighted by atomic mass is 10.00. The molecule has 7 heteroatoms. The molecule has 0 saturated heterocycles. The first-order valence-corrected chi connectivity index (χ1v) is 7.25. The van der Waals surface area contributed by atoms with Crippen LogP contribution < -0.4 is 5.56 Å². The van der Waals surface area contributed by atoms with E-state index in [2.05, 4.69) is 10.1 Å². The average Bonchev–Trinajstić information content (AvgIpc) is 2.83. The van der Waals surface area contributed by atoms with Crippen molar-refractivity contribution in [3.8, 4) is 5.82 Å². The molecule has 1 aromatic carbocycles. The van der Waals surface area contributed by atoms with Crippen molar-refractivity contribution in [1.29, 1.82) is 0 Å². The molecule has 1 N–H and O–H groups in total. The normalized spacial score (nSPS) is 11.7. The van der Waals surface area contributed by atoms with Crippen LogP contribution in [0, 0.1) is 6.92 Å². The topological polar surface area (TPSA) is 50.7 Å². The summed E-state index contributed by atoms with van der Waals surface area (Å²) in [6.45, 7) is 1.66. The predicted molar refractivity (Wildman–Crippen MR) is 83.2 cm³/mol. The molecule has 0 amide bonds. The molecule has 0 fully saturated rings. The molecule has 4 nitrogen and oxygen atoms in total. The highest BCUT2D eigenvalue weighted by Gasteiger charge is 2.33. The van der Waals surface area contributed by atoms with Crippen LogP contribution in [-0.4, -0.2) is 14.8 Å². The van der Waals surface area contributed by atoms with Gasteiger partial charge in [-0.25, -0.2) is 9.67 Å². The number of pyridine rings is 1. The summed E-state index contributed by atoms with van der Waals surface area (Å²) in [5.74, 6) is 0.390. The summed E-state index contributed by atoms with van der Waals surface area (Å²) in [5, 5.41) is 2.87. The number of alkyl halides is 3. The van der Waals surface area contributed by atoms with Crippen LogP contribution in [0.25, 0.3) is 5.82 Å². The molecule has 3 aromatic rings. The third kappa shape index (κ3) is 2.97. The van der Waals surface area contributed by atoms with Crippen LogP contribution in [0.1, 0.15) is 22.4 Å². The van der Waals surface area contributed by atoms with Crippen LogP contribution >= 0.6 is 0 Å². The van der Waals surface area contributed by atoms with Crippen molar-refractivity contribution >= 4 is 0 Å². The minimum Gasteiger partial charge on any atom is -0.294 e. The second-order valence-electron chi connectivity index (χ2n) is 5.38. The number of nitrogens with zero attached hydrogens (tertiary/aromatic N) is 2. The number of hydrogen-bond donors (Lipinski definition) is 1. The highest BCUT2D eigenvalue weighted by molar-refractivity contribution is 5.36. The van der Waals surface area contributed by atoms with E-state index in [1.807, 2.05) is 0 Å². The van der Waals surface area contributed by atoms with E-state index in [0.717, 1.165) is 6.07 Å². The molecule has 3 rings (SSSR count). The van der Waals surface area contributed by atoms with Crippen molar-refractivity contribution in [2.45, 2.75) is 19.5 Å². The highest BCUT2D eigenvalue weighted by Crippen LogP contribution is 2.32. The number of halogens is 3. The first-order chi connectivity index (χ1) is 11.4. The molecule has 0 radical (unpaired) electrons. The molecule has 0 saturated carbocycles. The molecule has 2 heterocycles. The van der Waals surface area contributed by atoms with Gasteiger partial charge in [0.25, 0.3) is 5.56 Å². The SMILES string of the molecule is Cc1[nH]n(-c2ccccn2)c(=O)c1Cc1ccccc1C(F)(F)F. The van der Waals surface area contributed by atoms with Crippen molar-refractivity contribution in [3.63, 3.8) is 0 Å². The fraction of sp³-hybridized carbons (Fsp3) is 0.176. The van der Waals surface area contributed by atoms with Crippen molar-refractivity contribution in [2.75, 3.05) is 0 Å². The molecule has 124 valence electrons. The minimum atomic E-state index is -4.46. The van der Waals surface area contributed by atoms with Crippen molar-refractivity contribution < 1.29 is 13.2 Å². The summed E-state index contributed by atoms with van der Waals surface area (Å²) in [6, 6.07) is 10.4. The first kappa shape index (κ1) is 16.0. The fourth-order valence-electron chi connectivity index (χ4n) is 2.58. The van der Waals surface area contributed by atoms with Gasteiger partial charge in [-0.1, -0.05) is 24.3 Å². The highest BCUT2D eigenvalue weighted by atomic mass is 19.4. The molecule has 24 heavy (non-hydrogen) atoms. The lowest BCUT2D eigenvalue weighted by Crippen LogP contribution is -2.19. The van der Waals surface area contributed by atoms with Gasteiger partial charge < -0.3 is 0 Å². The quantitative estimate of drug-likeness (QED) is 0.798. The zero-order valence-electron chi connectivity index (χ0n) is 12.8. The molecular formula is C17H14F3N3O. The predicted octanol–water partition coefficient (Wildman–Crippen LogP) is 3.48. The summed E-state index contributed by atoms with van der Waals surface area (Å²) in [5.41, 5.74) is -0.255. The van der Waals surface area contributed by atoms with E-state index in [9.17, 15) is 18.0 Å². The van der Waals surface area contributed by atoms with Crippen LogP contribution in [0.4, 0.5) is 13.2 Å². The molecule has 2 aromatic heterocycles. The molecule has 0 aliphatic heterocycles. The summed E-state index contributed by atoms with van der Waals surface area (Å²) in [4.78, 5) is 16.6. The van der Waals surface area contributed by atoms with Crippen molar-refractivity contribution in [3.05, 3.63) is 81.4 Å². The molecule has 0 aliphatic carbocycles. The van der Waals surface area contributed by atoms with Gasteiger partial charge in [-0.3, -0.25) is 9.89 Å². The number of benzene rings is 1. The summed E-state index contributed by atoms with van der Waals surface area (Å²) < 4.78 is 40.6. The van der Waals surface area contributed by atoms with Gasteiger partial charge in [-0.2, -0.15) is 13.2 Å². The summed E-state index contributed by atoms with van der Waals surface area (Å²) in [6.07, 6.45) is -3.02. The molecular weight excluding hydrogens is 319 g/mol. The molecule has 0 bridgehead atoms. The maximum absolute atomic E-state index is 13.1. The monoisotopic (exact) mass is 333 g/mol. The third-order valence-electron chi connectivity index (χ3n) is 3.76. The van der Waals surface area contributed by atoms with E-state index in [1.165, 1.54) is 29.1 Å². The van der Waals surface area contributed by atoms with Gasteiger partial charge in [0, 0.05) is 23.9 Å². The fourth-order valence-corrected chi connectivity index (χ4v) is 2.58. The van der Waals surface area contributed by atoms with Gasteiger partial charge in [0.15, 0.2) is 5.82 Å². The van der Waals surface area contributed by atoms with Crippen LogP contribution in [0.15, 0.2) is 53.5 Å². The third-order valence-corrected chi connectivity index (χ3v) is 3.76. The van der Waals surface area contributed by atoms with E-state index in [4.69, 9.17) is 0 Å². The van der Waals surface area contributed by atoms with Crippen LogP contribution in [-0.2, 0) is 12.6 Å². The molecule has 0 aliphatic rings. The lowest BCUT2D eigenvalue weighted by Gasteiger charge is -2.11. The average molecular weight is 333 g/mol. The number of nitrogens with one attached hydrogen (secondary N) is 1. The number of aryl methyl sites for hydroxylation is 1. The zero-order valence-corrected chi connectivity index (χ0v) is 12.8. The largest absolute Gasteiger partial charge is 0.416 e. The Bertz CT molecular complexity index is 911. The Hall–Kier alpha value is -2.83. The molecule has 0 unspecified atom stereocenters. The Kier molecular flexibility index (Phi) is 4.01. The van der Waals surface area contributed by atoms with Crippen molar-refractivity contribution in [1.82, 2.24) is 14.8 Å². The number of aromatic amines is 1. The maximum Gasteiger partial charge on any atom is 0.416 e. The Morgan fingerprint density at radius 3 is 2.50 bits per heavy atom. The smallest absolute Gasteiger partial charge is 0.294 e. The van der Waals surface area contributed by atoms with Crippen LogP contribution in [0.5, 0.6) is 0 Å². The standard InChI is InChI=1S/C17H14F3N3O/c1-11-13(10-12-6-2-3-7-14(12)17(18,19)20)16(24)23(22-11)15-8-4-5-9-21-15/h2-9,22H,10H2,1H3. The van der Waals surface area contributed by atoms with Crippen LogP contribution in [0.2, 0.25) is 0 Å². The van der Waals surface area contributed by atoms with E-state index in [0.29, 0.717) is 11.5 Å². The van der Waals surface area contributed by atoms with E-state index in [-0.39, 0.29) is 17.5 Å². The first-order valence-electron chi connectivity index (χ1n) is 7.25. The van der Waals surface area contributed by atoms with E-state index in [1.54, 1.807) is 25.1 Å². The van der Waals surface area contributed by atoms with Crippen LogP contribution in [0.3, 0.4) is 0 Å². The number of aromatic nitrogens is 3. The number of hydrogen-bond acceptors (Lipinski definition) is 2. The van der Waals surface area contributed by atoms with E-state index < -0.39 is 17.3 Å². The molecule has 0 spiro atoms. The lowest BCUT2D eigenvalue weighted by molar-refractivity contribution is -0.138. The zero-order chi connectivity index (χ0) is 17.3. The number of rotatable bonds is 3. The van der Waals surface area contributed by atoms with E-state index >= 15 is 0 Å². The van der Waals surface area contributed by atoms with Gasteiger partial charge >= 0.3 is 6.18 Å². The molecule has 0 atom stereocenters. The van der Waals surface area contributed by atoms with Gasteiger partial charge in [-0.15, -0.1) is 0 Å². The van der Waals surface area contributed by atoms with Gasteiger partial charge in [0.1, 0.15) is 0 Å². The summed E-state index contributed by atoms with van der Waals surface area (Å²) >= 11 is 0. The summed E-state index contributed by atoms with van der Waals surface area (Å²) in [7, 11) is 0. The number of H-pyrrole nitrogens is 1. The van der Waals surface area contributed by atoms with Gasteiger partial charge in [0.05, 0.1) is 5.56 Å². The van der Waals surface area contributed by atoms with Crippen molar-refractivity contribution in [2.24, 2.45) is 0 Å². The second kappa shape index (κ2) is 5.99. The maximum atomic E-state index is 13.1. The minimum absolute atomic E-state index is 0.0670. The van der Waals surface area contributed by atoms with Gasteiger partial charge in [0.2, 0.25) is 0 Å². The Balaban J connectivity index is 2.05. The second-order valence-corrected chi connectivity index (χ2v) is 5.38. The Labute approximate surface area is 135 Å². The Morgan fingerprint density at radius 2 is 1.83 bits per heavy atom.